The summed E-state index contributed by atoms with van der Waals surface area (Å²) in [6, 6.07) is 7.64. The van der Waals surface area contributed by atoms with Crippen molar-refractivity contribution in [3.8, 4) is 5.75 Å². The topological polar surface area (TPSA) is 61.9 Å². The minimum Gasteiger partial charge on any atom is -0.496 e. The molecular formula is C16H24ClN3O3. The van der Waals surface area contributed by atoms with E-state index in [2.05, 4.69) is 5.32 Å². The Morgan fingerprint density at radius 1 is 1.39 bits per heavy atom. The van der Waals surface area contributed by atoms with Gasteiger partial charge in [-0.25, -0.2) is 0 Å². The van der Waals surface area contributed by atoms with Gasteiger partial charge in [-0.2, -0.15) is 0 Å². The fraction of sp³-hybridized carbons (Fsp3) is 0.500. The molecule has 0 aromatic heterocycles. The lowest BCUT2D eigenvalue weighted by molar-refractivity contribution is -0.140. The summed E-state index contributed by atoms with van der Waals surface area (Å²) in [7, 11) is 3.27. The number of hydrogen-bond acceptors (Lipinski definition) is 4. The molecule has 6 nitrogen and oxygen atoms in total. The third-order valence-electron chi connectivity index (χ3n) is 3.97. The first-order valence-corrected chi connectivity index (χ1v) is 7.39. The summed E-state index contributed by atoms with van der Waals surface area (Å²) in [5.41, 5.74) is 0.982. The van der Waals surface area contributed by atoms with Crippen LogP contribution in [0, 0.1) is 0 Å². The molecule has 0 bridgehead atoms. The second-order valence-corrected chi connectivity index (χ2v) is 5.42. The molecular weight excluding hydrogens is 318 g/mol. The lowest BCUT2D eigenvalue weighted by Gasteiger charge is -2.37. The zero-order chi connectivity index (χ0) is 16.1. The fourth-order valence-electron chi connectivity index (χ4n) is 2.63. The van der Waals surface area contributed by atoms with Crippen LogP contribution >= 0.6 is 12.4 Å². The monoisotopic (exact) mass is 341 g/mol. The van der Waals surface area contributed by atoms with Crippen LogP contribution in [0.5, 0.6) is 5.75 Å². The van der Waals surface area contributed by atoms with Crippen molar-refractivity contribution in [3.63, 3.8) is 0 Å². The summed E-state index contributed by atoms with van der Waals surface area (Å²) < 4.78 is 5.42. The van der Waals surface area contributed by atoms with Gasteiger partial charge in [-0.05, 0) is 6.07 Å². The van der Waals surface area contributed by atoms with Crippen molar-refractivity contribution in [2.45, 2.75) is 13.0 Å². The summed E-state index contributed by atoms with van der Waals surface area (Å²) in [4.78, 5) is 27.2. The molecule has 128 valence electrons. The van der Waals surface area contributed by atoms with Gasteiger partial charge in [-0.3, -0.25) is 9.59 Å². The van der Waals surface area contributed by atoms with Crippen LogP contribution in [0.15, 0.2) is 24.3 Å². The smallest absolute Gasteiger partial charge is 0.242 e. The average Bonchev–Trinajstić information content (AvgIpc) is 2.54. The second-order valence-electron chi connectivity index (χ2n) is 5.42. The Kier molecular flexibility index (Phi) is 7.32. The SMILES string of the molecule is COc1ccccc1C1CNCCN1C(=O)CN(C)C(C)=O.Cl. The number of halogens is 1. The normalized spacial score (nSPS) is 17.2. The highest BCUT2D eigenvalue weighted by Gasteiger charge is 2.30. The quantitative estimate of drug-likeness (QED) is 0.890. The van der Waals surface area contributed by atoms with Crippen LogP contribution in [0.1, 0.15) is 18.5 Å². The van der Waals surface area contributed by atoms with E-state index >= 15 is 0 Å². The predicted molar refractivity (Wildman–Crippen MR) is 90.9 cm³/mol. The van der Waals surface area contributed by atoms with Crippen molar-refractivity contribution in [1.82, 2.24) is 15.1 Å². The minimum absolute atomic E-state index is 0. The largest absolute Gasteiger partial charge is 0.496 e. The highest BCUT2D eigenvalue weighted by molar-refractivity contribution is 5.85. The van der Waals surface area contributed by atoms with Gasteiger partial charge in [0.05, 0.1) is 19.7 Å². The molecule has 1 atom stereocenters. The van der Waals surface area contributed by atoms with Gasteiger partial charge in [0.15, 0.2) is 0 Å². The third-order valence-corrected chi connectivity index (χ3v) is 3.97. The Labute approximate surface area is 143 Å². The van der Waals surface area contributed by atoms with E-state index in [1.165, 1.54) is 11.8 Å². The number of piperazine rings is 1. The molecule has 1 unspecified atom stereocenters. The van der Waals surface area contributed by atoms with Crippen molar-refractivity contribution < 1.29 is 14.3 Å². The van der Waals surface area contributed by atoms with Gasteiger partial charge in [-0.15, -0.1) is 12.4 Å². The van der Waals surface area contributed by atoms with Crippen molar-refractivity contribution >= 4 is 24.2 Å². The fourth-order valence-corrected chi connectivity index (χ4v) is 2.63. The molecule has 23 heavy (non-hydrogen) atoms. The summed E-state index contributed by atoms with van der Waals surface area (Å²) in [5.74, 6) is 0.612. The molecule has 1 aromatic carbocycles. The first kappa shape index (κ1) is 19.3. The van der Waals surface area contributed by atoms with Crippen LogP contribution in [0.25, 0.3) is 0 Å². The molecule has 1 heterocycles. The molecule has 1 aliphatic heterocycles. The maximum Gasteiger partial charge on any atom is 0.242 e. The van der Waals surface area contributed by atoms with Crippen LogP contribution in [0.2, 0.25) is 0 Å². The molecule has 1 N–H and O–H groups in total. The number of ether oxygens (including phenoxy) is 1. The van der Waals surface area contributed by atoms with Crippen LogP contribution in [-0.2, 0) is 9.59 Å². The van der Waals surface area contributed by atoms with E-state index in [-0.39, 0.29) is 36.8 Å². The number of likely N-dealkylation sites (N-methyl/N-ethyl adjacent to an activating group) is 1. The molecule has 1 aromatic rings. The number of nitrogens with one attached hydrogen (secondary N) is 1. The van der Waals surface area contributed by atoms with Crippen LogP contribution in [-0.4, -0.2) is 62.0 Å². The molecule has 0 saturated carbocycles. The lowest BCUT2D eigenvalue weighted by Crippen LogP contribution is -2.51. The molecule has 2 amide bonds. The molecule has 0 aliphatic carbocycles. The number of benzene rings is 1. The van der Waals surface area contributed by atoms with Crippen molar-refractivity contribution in [2.75, 3.05) is 40.3 Å². The summed E-state index contributed by atoms with van der Waals surface area (Å²) in [6.45, 7) is 3.61. The molecule has 7 heteroatoms. The number of para-hydroxylation sites is 1. The zero-order valence-corrected chi connectivity index (χ0v) is 14.6. The van der Waals surface area contributed by atoms with Gasteiger partial charge < -0.3 is 19.9 Å². The first-order chi connectivity index (χ1) is 10.5. The molecule has 2 rings (SSSR count). The van der Waals surface area contributed by atoms with E-state index in [9.17, 15) is 9.59 Å². The average molecular weight is 342 g/mol. The van der Waals surface area contributed by atoms with Crippen molar-refractivity contribution in [1.29, 1.82) is 0 Å². The van der Waals surface area contributed by atoms with Crippen LogP contribution in [0.3, 0.4) is 0 Å². The van der Waals surface area contributed by atoms with E-state index < -0.39 is 0 Å². The second kappa shape index (κ2) is 8.74. The maximum atomic E-state index is 12.6. The standard InChI is InChI=1S/C16H23N3O3.ClH/c1-12(20)18(2)11-16(21)19-9-8-17-10-14(19)13-6-4-5-7-15(13)22-3;/h4-7,14,17H,8-11H2,1-3H3;1H. The van der Waals surface area contributed by atoms with Gasteiger partial charge in [0.1, 0.15) is 5.75 Å². The van der Waals surface area contributed by atoms with Gasteiger partial charge in [0.25, 0.3) is 0 Å². The Morgan fingerprint density at radius 3 is 2.74 bits per heavy atom. The minimum atomic E-state index is -0.114. The molecule has 0 spiro atoms. The van der Waals surface area contributed by atoms with E-state index in [1.54, 1.807) is 14.2 Å². The van der Waals surface area contributed by atoms with Crippen molar-refractivity contribution in [2.24, 2.45) is 0 Å². The zero-order valence-electron chi connectivity index (χ0n) is 13.7. The third kappa shape index (κ3) is 4.59. The Bertz CT molecular complexity index is 553. The van der Waals surface area contributed by atoms with E-state index in [1.807, 2.05) is 29.2 Å². The van der Waals surface area contributed by atoms with Crippen LogP contribution < -0.4 is 10.1 Å². The van der Waals surface area contributed by atoms with Gasteiger partial charge >= 0.3 is 0 Å². The Balaban J connectivity index is 0.00000264. The maximum absolute atomic E-state index is 12.6. The number of carbonyl (C=O) groups excluding carboxylic acids is 2. The molecule has 1 aliphatic rings. The highest BCUT2D eigenvalue weighted by Crippen LogP contribution is 2.30. The van der Waals surface area contributed by atoms with E-state index in [0.29, 0.717) is 13.1 Å². The number of amides is 2. The molecule has 1 saturated heterocycles. The van der Waals surface area contributed by atoms with Gasteiger partial charge in [-0.1, -0.05) is 18.2 Å². The van der Waals surface area contributed by atoms with E-state index in [0.717, 1.165) is 17.9 Å². The number of nitrogens with zero attached hydrogens (tertiary/aromatic N) is 2. The summed E-state index contributed by atoms with van der Waals surface area (Å²) in [6.07, 6.45) is 0. The van der Waals surface area contributed by atoms with Gasteiger partial charge in [0.2, 0.25) is 11.8 Å². The molecule has 1 fully saturated rings. The van der Waals surface area contributed by atoms with E-state index in [4.69, 9.17) is 4.74 Å². The first-order valence-electron chi connectivity index (χ1n) is 7.39. The summed E-state index contributed by atoms with van der Waals surface area (Å²) >= 11 is 0. The number of hydrogen-bond donors (Lipinski definition) is 1. The molecule has 0 radical (unpaired) electrons. The number of carbonyl (C=O) groups is 2. The predicted octanol–water partition coefficient (Wildman–Crippen LogP) is 1.07. The Hall–Kier alpha value is -1.79. The lowest BCUT2D eigenvalue weighted by atomic mass is 10.0. The van der Waals surface area contributed by atoms with Crippen molar-refractivity contribution in [3.05, 3.63) is 29.8 Å². The summed E-state index contributed by atoms with van der Waals surface area (Å²) in [5, 5.41) is 3.32. The van der Waals surface area contributed by atoms with Crippen LogP contribution in [0.4, 0.5) is 0 Å². The number of methoxy groups -OCH3 is 1. The Morgan fingerprint density at radius 2 is 2.09 bits per heavy atom. The highest BCUT2D eigenvalue weighted by atomic mass is 35.5. The number of rotatable bonds is 4. The van der Waals surface area contributed by atoms with Gasteiger partial charge in [0, 0.05) is 39.2 Å².